The summed E-state index contributed by atoms with van der Waals surface area (Å²) in [7, 11) is 0. The van der Waals surface area contributed by atoms with E-state index in [9.17, 15) is 0 Å². The number of hydrogen-bond donors (Lipinski definition) is 0. The summed E-state index contributed by atoms with van der Waals surface area (Å²) in [5.74, 6) is 0. The lowest BCUT2D eigenvalue weighted by Gasteiger charge is -1.84. The highest BCUT2D eigenvalue weighted by Gasteiger charge is 1.80. The minimum atomic E-state index is 0.944. The van der Waals surface area contributed by atoms with E-state index in [4.69, 9.17) is 0 Å². The second kappa shape index (κ2) is 7.22. The highest BCUT2D eigenvalue weighted by atomic mass is 14.8. The van der Waals surface area contributed by atoms with Crippen LogP contribution in [0.1, 0.15) is 20.8 Å². The number of allylic oxidation sites excluding steroid dienone is 1. The molecule has 0 saturated heterocycles. The molecule has 1 aromatic rings. The molecule has 0 aliphatic carbocycles. The smallest absolute Gasteiger partial charge is 0.116 e. The summed E-state index contributed by atoms with van der Waals surface area (Å²) in [4.78, 5) is 7.97. The number of hydrogen-bond acceptors (Lipinski definition) is 2. The van der Waals surface area contributed by atoms with Gasteiger partial charge in [0, 0.05) is 11.4 Å². The van der Waals surface area contributed by atoms with Gasteiger partial charge in [0.2, 0.25) is 0 Å². The highest BCUT2D eigenvalue weighted by Crippen LogP contribution is 1.64. The minimum Gasteiger partial charge on any atom is -0.244 e. The van der Waals surface area contributed by atoms with Gasteiger partial charge in [0.15, 0.2) is 0 Å². The first-order chi connectivity index (χ1) is 6.38. The lowest BCUT2D eigenvalue weighted by Crippen LogP contribution is -2.27. The largest absolute Gasteiger partial charge is 0.244 e. The Bertz CT molecular complexity index is 353. The molecular formula is C11H16N2. The van der Waals surface area contributed by atoms with Gasteiger partial charge >= 0.3 is 0 Å². The Morgan fingerprint density at radius 2 is 2.08 bits per heavy atom. The third-order valence-corrected chi connectivity index (χ3v) is 1.34. The lowest BCUT2D eigenvalue weighted by atomic mass is 10.3. The summed E-state index contributed by atoms with van der Waals surface area (Å²) in [5.41, 5.74) is 0. The molecule has 0 radical (unpaired) electrons. The van der Waals surface area contributed by atoms with Gasteiger partial charge < -0.3 is 0 Å². The molecule has 0 aliphatic heterocycles. The van der Waals surface area contributed by atoms with Crippen molar-refractivity contribution < 1.29 is 0 Å². The molecule has 0 N–H and O–H groups in total. The molecule has 2 nitrogen and oxygen atoms in total. The van der Waals surface area contributed by atoms with Gasteiger partial charge in [-0.25, -0.2) is 9.97 Å². The second-order valence-corrected chi connectivity index (χ2v) is 2.05. The molecular weight excluding hydrogens is 160 g/mol. The van der Waals surface area contributed by atoms with E-state index in [1.165, 1.54) is 6.33 Å². The maximum Gasteiger partial charge on any atom is 0.116 e. The molecule has 0 saturated carbocycles. The molecule has 0 aromatic carbocycles. The molecule has 0 amide bonds. The fourth-order valence-electron chi connectivity index (χ4n) is 0.846. The van der Waals surface area contributed by atoms with Crippen LogP contribution in [0.5, 0.6) is 0 Å². The minimum absolute atomic E-state index is 0.944. The van der Waals surface area contributed by atoms with Crippen LogP contribution in [0.4, 0.5) is 0 Å². The van der Waals surface area contributed by atoms with E-state index in [2.05, 4.69) is 16.5 Å². The normalized spacial score (nSPS) is 11.9. The molecule has 1 aromatic heterocycles. The summed E-state index contributed by atoms with van der Waals surface area (Å²) < 4.78 is 0. The van der Waals surface area contributed by atoms with Crippen LogP contribution >= 0.6 is 0 Å². The zero-order valence-corrected chi connectivity index (χ0v) is 8.49. The number of aromatic nitrogens is 2. The molecule has 0 atom stereocenters. The first kappa shape index (κ1) is 11.6. The zero-order valence-electron chi connectivity index (χ0n) is 8.49. The average Bonchev–Trinajstić information content (AvgIpc) is 2.22. The summed E-state index contributed by atoms with van der Waals surface area (Å²) in [5, 5.41) is 1.95. The Kier molecular flexibility index (Phi) is 6.42. The predicted octanol–water partition coefficient (Wildman–Crippen LogP) is 1.27. The van der Waals surface area contributed by atoms with Crippen molar-refractivity contribution in [2.45, 2.75) is 20.8 Å². The number of rotatable bonds is 1. The van der Waals surface area contributed by atoms with Crippen LogP contribution in [0.15, 0.2) is 25.2 Å². The van der Waals surface area contributed by atoms with Crippen molar-refractivity contribution in [3.8, 4) is 0 Å². The molecule has 0 spiro atoms. The SMILES string of the molecule is C=C/C=c1/cncn/c1=C/C.CC. The molecule has 0 fully saturated rings. The quantitative estimate of drug-likeness (QED) is 0.644. The van der Waals surface area contributed by atoms with Crippen molar-refractivity contribution in [1.29, 1.82) is 0 Å². The van der Waals surface area contributed by atoms with Crippen LogP contribution in [0, 0.1) is 0 Å². The first-order valence-electron chi connectivity index (χ1n) is 4.43. The van der Waals surface area contributed by atoms with Gasteiger partial charge in [-0.1, -0.05) is 38.7 Å². The monoisotopic (exact) mass is 176 g/mol. The van der Waals surface area contributed by atoms with Gasteiger partial charge in [0.25, 0.3) is 0 Å². The van der Waals surface area contributed by atoms with Gasteiger partial charge in [0.1, 0.15) is 6.33 Å². The first-order valence-corrected chi connectivity index (χ1v) is 4.43. The molecule has 70 valence electrons. The van der Waals surface area contributed by atoms with Crippen molar-refractivity contribution >= 4 is 12.2 Å². The van der Waals surface area contributed by atoms with Crippen molar-refractivity contribution in [2.24, 2.45) is 0 Å². The summed E-state index contributed by atoms with van der Waals surface area (Å²) in [6.07, 6.45) is 8.86. The molecule has 1 rings (SSSR count). The fraction of sp³-hybridized carbons (Fsp3) is 0.273. The Morgan fingerprint density at radius 1 is 1.38 bits per heavy atom. The topological polar surface area (TPSA) is 25.8 Å². The van der Waals surface area contributed by atoms with E-state index in [-0.39, 0.29) is 0 Å². The summed E-state index contributed by atoms with van der Waals surface area (Å²) in [6.45, 7) is 9.55. The molecule has 0 bridgehead atoms. The van der Waals surface area contributed by atoms with Gasteiger partial charge in [-0.2, -0.15) is 0 Å². The van der Waals surface area contributed by atoms with Crippen molar-refractivity contribution in [3.05, 3.63) is 35.7 Å². The van der Waals surface area contributed by atoms with Crippen molar-refractivity contribution in [3.63, 3.8) is 0 Å². The summed E-state index contributed by atoms with van der Waals surface area (Å²) >= 11 is 0. The van der Waals surface area contributed by atoms with Crippen LogP contribution in [0.25, 0.3) is 12.2 Å². The van der Waals surface area contributed by atoms with Crippen LogP contribution < -0.4 is 10.6 Å². The summed E-state index contributed by atoms with van der Waals surface area (Å²) in [6, 6.07) is 0. The Balaban J connectivity index is 0.000000671. The molecule has 13 heavy (non-hydrogen) atoms. The van der Waals surface area contributed by atoms with E-state index < -0.39 is 0 Å². The highest BCUT2D eigenvalue weighted by molar-refractivity contribution is 5.35. The Labute approximate surface area is 79.4 Å². The molecule has 2 heteroatoms. The predicted molar refractivity (Wildman–Crippen MR) is 57.4 cm³/mol. The Hall–Kier alpha value is -1.44. The average molecular weight is 176 g/mol. The van der Waals surface area contributed by atoms with Gasteiger partial charge in [-0.15, -0.1) is 0 Å². The standard InChI is InChI=1S/C9H10N2.C2H6/c1-3-5-8-6-10-7-11-9(8)4-2;1-2/h3-7H,1H2,2H3;1-2H3/b8-5-,9-4+;. The molecule has 1 heterocycles. The van der Waals surface area contributed by atoms with Crippen LogP contribution in [-0.2, 0) is 0 Å². The molecule has 0 aliphatic rings. The Morgan fingerprint density at radius 3 is 2.62 bits per heavy atom. The maximum absolute atomic E-state index is 4.07. The van der Waals surface area contributed by atoms with E-state index in [0.29, 0.717) is 0 Å². The van der Waals surface area contributed by atoms with Gasteiger partial charge in [0.05, 0.1) is 5.35 Å². The van der Waals surface area contributed by atoms with Gasteiger partial charge in [-0.05, 0) is 6.92 Å². The van der Waals surface area contributed by atoms with E-state index in [0.717, 1.165) is 10.6 Å². The second-order valence-electron chi connectivity index (χ2n) is 2.05. The fourth-order valence-corrected chi connectivity index (χ4v) is 0.846. The van der Waals surface area contributed by atoms with Crippen LogP contribution in [-0.4, -0.2) is 9.97 Å². The van der Waals surface area contributed by atoms with Crippen molar-refractivity contribution in [1.82, 2.24) is 9.97 Å². The zero-order chi connectivity index (χ0) is 10.1. The van der Waals surface area contributed by atoms with Crippen LogP contribution in [0.2, 0.25) is 0 Å². The lowest BCUT2D eigenvalue weighted by molar-refractivity contribution is 1.10. The van der Waals surface area contributed by atoms with Gasteiger partial charge in [-0.3, -0.25) is 0 Å². The van der Waals surface area contributed by atoms with Crippen LogP contribution in [0.3, 0.4) is 0 Å². The van der Waals surface area contributed by atoms with E-state index in [1.54, 1.807) is 12.3 Å². The molecule has 0 unspecified atom stereocenters. The van der Waals surface area contributed by atoms with E-state index >= 15 is 0 Å². The third kappa shape index (κ3) is 3.65. The maximum atomic E-state index is 4.07. The number of nitrogens with zero attached hydrogens (tertiary/aromatic N) is 2. The van der Waals surface area contributed by atoms with Crippen molar-refractivity contribution in [2.75, 3.05) is 0 Å². The van der Waals surface area contributed by atoms with E-state index in [1.807, 2.05) is 32.9 Å². The third-order valence-electron chi connectivity index (χ3n) is 1.34.